The minimum Gasteiger partial charge on any atom is -0.364 e. The van der Waals surface area contributed by atoms with E-state index in [9.17, 15) is 4.79 Å². The van der Waals surface area contributed by atoms with E-state index in [0.717, 1.165) is 30.9 Å². The Balaban J connectivity index is 0.00000176. The molecule has 4 nitrogen and oxygen atoms in total. The Kier molecular flexibility index (Phi) is 6.56. The van der Waals surface area contributed by atoms with Gasteiger partial charge in [-0.25, -0.2) is 0 Å². The van der Waals surface area contributed by atoms with Gasteiger partial charge >= 0.3 is 0 Å². The molecule has 3 rings (SSSR count). The molecule has 122 valence electrons. The first-order chi connectivity index (χ1) is 10.3. The fourth-order valence-electron chi connectivity index (χ4n) is 3.06. The third kappa shape index (κ3) is 3.77. The van der Waals surface area contributed by atoms with Crippen LogP contribution in [0.15, 0.2) is 30.3 Å². The Morgan fingerprint density at radius 2 is 2.09 bits per heavy atom. The molecule has 0 radical (unpaired) electrons. The molecule has 2 fully saturated rings. The van der Waals surface area contributed by atoms with Crippen LogP contribution in [0.1, 0.15) is 24.4 Å². The maximum Gasteiger partial charge on any atom is 0.252 e. The molecule has 1 amide bonds. The van der Waals surface area contributed by atoms with Crippen LogP contribution in [0.3, 0.4) is 0 Å². The lowest BCUT2D eigenvalue weighted by Gasteiger charge is -2.37. The summed E-state index contributed by atoms with van der Waals surface area (Å²) in [6, 6.07) is 10.5. The highest BCUT2D eigenvalue weighted by molar-refractivity contribution is 7.99. The van der Waals surface area contributed by atoms with Gasteiger partial charge in [0.2, 0.25) is 0 Å². The van der Waals surface area contributed by atoms with Gasteiger partial charge in [-0.1, -0.05) is 30.3 Å². The topological polar surface area (TPSA) is 55.6 Å². The number of hydrogen-bond acceptors (Lipinski definition) is 4. The van der Waals surface area contributed by atoms with Crippen LogP contribution in [0, 0.1) is 0 Å². The van der Waals surface area contributed by atoms with Gasteiger partial charge in [-0.2, -0.15) is 11.8 Å². The highest BCUT2D eigenvalue weighted by atomic mass is 35.5. The second-order valence-electron chi connectivity index (χ2n) is 5.59. The lowest BCUT2D eigenvalue weighted by atomic mass is 10.1. The fraction of sp³-hybridized carbons (Fsp3) is 0.562. The SMILES string of the molecule is Cl.NC[C@H]1CC[C@@H](C(=O)N2CCSCC2c2ccccc2)O1. The molecule has 0 aliphatic carbocycles. The summed E-state index contributed by atoms with van der Waals surface area (Å²) >= 11 is 1.91. The Morgan fingerprint density at radius 3 is 2.77 bits per heavy atom. The van der Waals surface area contributed by atoms with Gasteiger partial charge in [0, 0.05) is 24.6 Å². The summed E-state index contributed by atoms with van der Waals surface area (Å²) in [5.74, 6) is 2.10. The molecule has 0 aromatic heterocycles. The van der Waals surface area contributed by atoms with Gasteiger partial charge in [0.15, 0.2) is 0 Å². The number of carbonyl (C=O) groups is 1. The Bertz CT molecular complexity index is 488. The summed E-state index contributed by atoms with van der Waals surface area (Å²) < 4.78 is 5.79. The molecule has 2 heterocycles. The lowest BCUT2D eigenvalue weighted by molar-refractivity contribution is -0.144. The Hall–Kier alpha value is -0.750. The van der Waals surface area contributed by atoms with Crippen LogP contribution in [0.4, 0.5) is 0 Å². The number of hydrogen-bond donors (Lipinski definition) is 1. The van der Waals surface area contributed by atoms with Gasteiger partial charge in [0.25, 0.3) is 5.91 Å². The molecule has 2 N–H and O–H groups in total. The second kappa shape index (κ2) is 8.20. The van der Waals surface area contributed by atoms with Crippen molar-refractivity contribution in [3.05, 3.63) is 35.9 Å². The number of ether oxygens (including phenoxy) is 1. The summed E-state index contributed by atoms with van der Waals surface area (Å²) in [5.41, 5.74) is 6.85. The summed E-state index contributed by atoms with van der Waals surface area (Å²) in [6.45, 7) is 1.30. The summed E-state index contributed by atoms with van der Waals surface area (Å²) in [5, 5.41) is 0. The van der Waals surface area contributed by atoms with Crippen molar-refractivity contribution in [2.45, 2.75) is 31.1 Å². The second-order valence-corrected chi connectivity index (χ2v) is 6.74. The fourth-order valence-corrected chi connectivity index (χ4v) is 4.15. The van der Waals surface area contributed by atoms with Gasteiger partial charge in [-0.3, -0.25) is 4.79 Å². The van der Waals surface area contributed by atoms with Crippen LogP contribution in [-0.2, 0) is 9.53 Å². The average Bonchev–Trinajstić information content (AvgIpc) is 3.04. The Labute approximate surface area is 142 Å². The van der Waals surface area contributed by atoms with Crippen molar-refractivity contribution in [3.8, 4) is 0 Å². The number of amides is 1. The minimum absolute atomic E-state index is 0. The number of rotatable bonds is 3. The van der Waals surface area contributed by atoms with Crippen LogP contribution < -0.4 is 5.73 Å². The van der Waals surface area contributed by atoms with Crippen molar-refractivity contribution in [2.24, 2.45) is 5.73 Å². The maximum absolute atomic E-state index is 12.8. The molecular weight excluding hydrogens is 320 g/mol. The molecule has 2 aliphatic rings. The standard InChI is InChI=1S/C16H22N2O2S.ClH/c17-10-13-6-7-15(20-13)16(19)18-8-9-21-11-14(18)12-4-2-1-3-5-12;/h1-5,13-15H,6-11,17H2;1H/t13-,14?,15+;/m1./s1. The third-order valence-electron chi connectivity index (χ3n) is 4.24. The molecule has 2 aliphatic heterocycles. The number of nitrogens with two attached hydrogens (primary N) is 1. The van der Waals surface area contributed by atoms with E-state index in [2.05, 4.69) is 12.1 Å². The molecule has 3 atom stereocenters. The summed E-state index contributed by atoms with van der Waals surface area (Å²) in [4.78, 5) is 14.8. The number of benzene rings is 1. The molecule has 1 aromatic rings. The minimum atomic E-state index is -0.298. The first-order valence-electron chi connectivity index (χ1n) is 7.58. The summed E-state index contributed by atoms with van der Waals surface area (Å²) in [6.07, 6.45) is 1.44. The smallest absolute Gasteiger partial charge is 0.252 e. The van der Waals surface area contributed by atoms with Gasteiger partial charge in [-0.15, -0.1) is 12.4 Å². The van der Waals surface area contributed by atoms with Crippen LogP contribution >= 0.6 is 24.2 Å². The van der Waals surface area contributed by atoms with Crippen LogP contribution in [0.25, 0.3) is 0 Å². The summed E-state index contributed by atoms with van der Waals surface area (Å²) in [7, 11) is 0. The van der Waals surface area contributed by atoms with E-state index in [4.69, 9.17) is 10.5 Å². The number of nitrogens with zero attached hydrogens (tertiary/aromatic N) is 1. The first-order valence-corrected chi connectivity index (χ1v) is 8.73. The molecule has 1 aromatic carbocycles. The van der Waals surface area contributed by atoms with E-state index < -0.39 is 0 Å². The normalized spacial score (nSPS) is 28.2. The van der Waals surface area contributed by atoms with Crippen molar-refractivity contribution in [2.75, 3.05) is 24.6 Å². The molecule has 0 bridgehead atoms. The molecule has 22 heavy (non-hydrogen) atoms. The molecule has 0 saturated carbocycles. The van der Waals surface area contributed by atoms with E-state index in [1.54, 1.807) is 0 Å². The monoisotopic (exact) mass is 342 g/mol. The number of carbonyl (C=O) groups excluding carboxylic acids is 1. The van der Waals surface area contributed by atoms with Gasteiger partial charge in [0.05, 0.1) is 12.1 Å². The molecule has 2 saturated heterocycles. The zero-order chi connectivity index (χ0) is 14.7. The average molecular weight is 343 g/mol. The largest absolute Gasteiger partial charge is 0.364 e. The van der Waals surface area contributed by atoms with E-state index in [-0.39, 0.29) is 36.6 Å². The molecular formula is C16H23ClN2O2S. The van der Waals surface area contributed by atoms with Crippen LogP contribution in [0.5, 0.6) is 0 Å². The zero-order valence-electron chi connectivity index (χ0n) is 12.5. The van der Waals surface area contributed by atoms with E-state index in [0.29, 0.717) is 6.54 Å². The molecule has 1 unspecified atom stereocenters. The zero-order valence-corrected chi connectivity index (χ0v) is 14.2. The number of halogens is 1. The molecule has 6 heteroatoms. The first kappa shape index (κ1) is 17.6. The lowest BCUT2D eigenvalue weighted by Crippen LogP contribution is -2.46. The van der Waals surface area contributed by atoms with Gasteiger partial charge < -0.3 is 15.4 Å². The van der Waals surface area contributed by atoms with Crippen LogP contribution in [-0.4, -0.2) is 47.6 Å². The predicted octanol–water partition coefficient (Wildman–Crippen LogP) is 2.23. The maximum atomic E-state index is 12.8. The van der Waals surface area contributed by atoms with Gasteiger partial charge in [0.1, 0.15) is 6.10 Å². The third-order valence-corrected chi connectivity index (χ3v) is 5.26. The quantitative estimate of drug-likeness (QED) is 0.915. The van der Waals surface area contributed by atoms with E-state index in [1.807, 2.05) is 34.9 Å². The van der Waals surface area contributed by atoms with Crippen molar-refractivity contribution in [3.63, 3.8) is 0 Å². The van der Waals surface area contributed by atoms with Crippen LogP contribution in [0.2, 0.25) is 0 Å². The predicted molar refractivity (Wildman–Crippen MR) is 92.4 cm³/mol. The van der Waals surface area contributed by atoms with Crippen molar-refractivity contribution in [1.82, 2.24) is 4.90 Å². The number of thioether (sulfide) groups is 1. The van der Waals surface area contributed by atoms with Crippen molar-refractivity contribution < 1.29 is 9.53 Å². The van der Waals surface area contributed by atoms with Crippen molar-refractivity contribution >= 4 is 30.1 Å². The van der Waals surface area contributed by atoms with Crippen molar-refractivity contribution in [1.29, 1.82) is 0 Å². The van der Waals surface area contributed by atoms with Gasteiger partial charge in [-0.05, 0) is 18.4 Å². The Morgan fingerprint density at radius 1 is 1.32 bits per heavy atom. The highest BCUT2D eigenvalue weighted by Crippen LogP contribution is 2.32. The highest BCUT2D eigenvalue weighted by Gasteiger charge is 2.37. The van der Waals surface area contributed by atoms with E-state index >= 15 is 0 Å². The van der Waals surface area contributed by atoms with E-state index in [1.165, 1.54) is 5.56 Å². The molecule has 0 spiro atoms.